The Morgan fingerprint density at radius 2 is 1.21 bits per heavy atom. The van der Waals surface area contributed by atoms with Crippen LogP contribution in [0.1, 0.15) is 11.1 Å². The van der Waals surface area contributed by atoms with E-state index in [0.717, 1.165) is 22.6 Å². The Kier molecular flexibility index (Phi) is 8.80. The second-order valence-electron chi connectivity index (χ2n) is 8.41. The Hall–Kier alpha value is -4.98. The summed E-state index contributed by atoms with van der Waals surface area (Å²) in [5.41, 5.74) is 3.79. The van der Waals surface area contributed by atoms with Crippen LogP contribution in [0.15, 0.2) is 107 Å². The van der Waals surface area contributed by atoms with Gasteiger partial charge in [-0.1, -0.05) is 42.5 Å². The Labute approximate surface area is 221 Å². The summed E-state index contributed by atoms with van der Waals surface area (Å²) in [6.45, 7) is 0. The van der Waals surface area contributed by atoms with Gasteiger partial charge >= 0.3 is 0 Å². The highest BCUT2D eigenvalue weighted by molar-refractivity contribution is 5.98. The van der Waals surface area contributed by atoms with Crippen LogP contribution in [0.25, 0.3) is 0 Å². The van der Waals surface area contributed by atoms with Gasteiger partial charge in [0.15, 0.2) is 0 Å². The molecule has 0 atom stereocenters. The number of carbonyl (C=O) groups is 2. The molecule has 4 aromatic rings. The van der Waals surface area contributed by atoms with Crippen molar-refractivity contribution in [1.29, 1.82) is 0 Å². The van der Waals surface area contributed by atoms with E-state index in [-0.39, 0.29) is 24.7 Å². The lowest BCUT2D eigenvalue weighted by molar-refractivity contribution is -0.116. The first-order valence-corrected chi connectivity index (χ1v) is 12.0. The van der Waals surface area contributed by atoms with Crippen LogP contribution in [0, 0.1) is 0 Å². The molecule has 0 aliphatic heterocycles. The maximum Gasteiger partial charge on any atom is 0.228 e. The number of anilines is 2. The van der Waals surface area contributed by atoms with Crippen LogP contribution in [-0.2, 0) is 22.4 Å². The molecule has 0 fully saturated rings. The maximum atomic E-state index is 12.9. The molecule has 4 aromatic carbocycles. The fourth-order valence-corrected chi connectivity index (χ4v) is 3.66. The molecule has 0 aromatic heterocycles. The van der Waals surface area contributed by atoms with E-state index in [1.54, 1.807) is 44.6 Å². The number of ether oxygens (including phenoxy) is 2. The van der Waals surface area contributed by atoms with Gasteiger partial charge in [-0.15, -0.1) is 5.11 Å². The second-order valence-corrected chi connectivity index (χ2v) is 8.41. The van der Waals surface area contributed by atoms with Gasteiger partial charge in [-0.2, -0.15) is 5.11 Å². The number of benzene rings is 4. The molecule has 0 bridgehead atoms. The van der Waals surface area contributed by atoms with Crippen molar-refractivity contribution in [3.63, 3.8) is 0 Å². The normalized spacial score (nSPS) is 10.7. The lowest BCUT2D eigenvalue weighted by Gasteiger charge is -2.12. The highest BCUT2D eigenvalue weighted by atomic mass is 16.5. The van der Waals surface area contributed by atoms with Crippen molar-refractivity contribution in [2.45, 2.75) is 12.8 Å². The zero-order valence-electron chi connectivity index (χ0n) is 21.2. The number of hydrogen-bond donors (Lipinski definition) is 2. The lowest BCUT2D eigenvalue weighted by Crippen LogP contribution is -2.16. The first-order valence-electron chi connectivity index (χ1n) is 12.0. The van der Waals surface area contributed by atoms with Crippen LogP contribution < -0.4 is 20.1 Å². The summed E-state index contributed by atoms with van der Waals surface area (Å²) in [4.78, 5) is 25.6. The first-order chi connectivity index (χ1) is 18.5. The van der Waals surface area contributed by atoms with Crippen LogP contribution in [0.4, 0.5) is 22.7 Å². The van der Waals surface area contributed by atoms with Gasteiger partial charge in [0.05, 0.1) is 38.4 Å². The Morgan fingerprint density at radius 3 is 1.76 bits per heavy atom. The predicted octanol–water partition coefficient (Wildman–Crippen LogP) is 6.48. The number of nitrogens with zero attached hydrogens (tertiary/aromatic N) is 2. The van der Waals surface area contributed by atoms with Crippen molar-refractivity contribution in [3.8, 4) is 11.5 Å². The van der Waals surface area contributed by atoms with Crippen molar-refractivity contribution in [3.05, 3.63) is 108 Å². The number of amides is 2. The minimum atomic E-state index is -0.229. The maximum absolute atomic E-state index is 12.9. The molecule has 8 nitrogen and oxygen atoms in total. The third-order valence-corrected chi connectivity index (χ3v) is 5.63. The Bertz CT molecular complexity index is 1400. The van der Waals surface area contributed by atoms with Crippen molar-refractivity contribution >= 4 is 34.6 Å². The van der Waals surface area contributed by atoms with E-state index < -0.39 is 0 Å². The molecule has 8 heteroatoms. The van der Waals surface area contributed by atoms with Gasteiger partial charge < -0.3 is 20.1 Å². The minimum absolute atomic E-state index is 0.160. The topological polar surface area (TPSA) is 101 Å². The molecule has 0 aliphatic carbocycles. The highest BCUT2D eigenvalue weighted by Gasteiger charge is 2.12. The average molecular weight is 509 g/mol. The quantitative estimate of drug-likeness (QED) is 0.239. The molecule has 0 radical (unpaired) electrons. The molecule has 38 heavy (non-hydrogen) atoms. The van der Waals surface area contributed by atoms with E-state index in [2.05, 4.69) is 20.9 Å². The first kappa shape index (κ1) is 26.1. The van der Waals surface area contributed by atoms with E-state index >= 15 is 0 Å². The van der Waals surface area contributed by atoms with Crippen molar-refractivity contribution in [2.24, 2.45) is 10.2 Å². The summed E-state index contributed by atoms with van der Waals surface area (Å²) in [5, 5.41) is 14.4. The SMILES string of the molecule is COc1ccc(CC(=O)Nc2ccc(N=Nc3ccccc3)c(NC(=O)Cc3ccc(OC)cc3)c2)cc1. The third-order valence-electron chi connectivity index (χ3n) is 5.63. The molecule has 4 rings (SSSR count). The molecule has 2 amide bonds. The summed E-state index contributed by atoms with van der Waals surface area (Å²) >= 11 is 0. The number of hydrogen-bond acceptors (Lipinski definition) is 6. The Morgan fingerprint density at radius 1 is 0.658 bits per heavy atom. The number of carbonyl (C=O) groups excluding carboxylic acids is 2. The van der Waals surface area contributed by atoms with Crippen LogP contribution in [0.5, 0.6) is 11.5 Å². The molecule has 192 valence electrons. The smallest absolute Gasteiger partial charge is 0.228 e. The van der Waals surface area contributed by atoms with Gasteiger partial charge in [0.2, 0.25) is 11.8 Å². The van der Waals surface area contributed by atoms with Crippen molar-refractivity contribution < 1.29 is 19.1 Å². The third kappa shape index (κ3) is 7.51. The standard InChI is InChI=1S/C30H28N4O4/c1-37-25-13-8-21(9-14-25)18-29(35)31-24-12-17-27(34-33-23-6-4-3-5-7-23)28(20-24)32-30(36)19-22-10-15-26(38-2)16-11-22/h3-17,20H,18-19H2,1-2H3,(H,31,35)(H,32,36). The zero-order valence-corrected chi connectivity index (χ0v) is 21.2. The van der Waals surface area contributed by atoms with Crippen molar-refractivity contribution in [1.82, 2.24) is 0 Å². The van der Waals surface area contributed by atoms with E-state index in [4.69, 9.17) is 9.47 Å². The van der Waals surface area contributed by atoms with Crippen LogP contribution in [-0.4, -0.2) is 26.0 Å². The molecular formula is C30H28N4O4. The van der Waals surface area contributed by atoms with E-state index in [1.807, 2.05) is 66.7 Å². The van der Waals surface area contributed by atoms with Crippen molar-refractivity contribution in [2.75, 3.05) is 24.9 Å². The summed E-state index contributed by atoms with van der Waals surface area (Å²) in [7, 11) is 3.19. The molecule has 0 saturated carbocycles. The van der Waals surface area contributed by atoms with Gasteiger partial charge in [-0.25, -0.2) is 0 Å². The molecular weight excluding hydrogens is 480 g/mol. The zero-order chi connectivity index (χ0) is 26.7. The van der Waals surface area contributed by atoms with Gasteiger partial charge in [-0.05, 0) is 65.7 Å². The second kappa shape index (κ2) is 12.8. The van der Waals surface area contributed by atoms with E-state index in [1.165, 1.54) is 0 Å². The van der Waals surface area contributed by atoms with Gasteiger partial charge in [0, 0.05) is 5.69 Å². The Balaban J connectivity index is 1.51. The molecule has 0 aliphatic rings. The van der Waals surface area contributed by atoms with E-state index in [9.17, 15) is 9.59 Å². The summed E-state index contributed by atoms with van der Waals surface area (Å²) in [6, 6.07) is 29.0. The summed E-state index contributed by atoms with van der Waals surface area (Å²) in [6.07, 6.45) is 0.353. The molecule has 0 saturated heterocycles. The van der Waals surface area contributed by atoms with Crippen LogP contribution in [0.2, 0.25) is 0 Å². The molecule has 0 unspecified atom stereocenters. The number of azo groups is 1. The molecule has 0 heterocycles. The lowest BCUT2D eigenvalue weighted by atomic mass is 10.1. The van der Waals surface area contributed by atoms with Gasteiger partial charge in [0.1, 0.15) is 17.2 Å². The van der Waals surface area contributed by atoms with Crippen LogP contribution in [0.3, 0.4) is 0 Å². The largest absolute Gasteiger partial charge is 0.497 e. The van der Waals surface area contributed by atoms with Crippen LogP contribution >= 0.6 is 0 Å². The fraction of sp³-hybridized carbons (Fsp3) is 0.133. The number of methoxy groups -OCH3 is 2. The molecule has 2 N–H and O–H groups in total. The molecule has 0 spiro atoms. The fourth-order valence-electron chi connectivity index (χ4n) is 3.66. The van der Waals surface area contributed by atoms with Gasteiger partial charge in [-0.3, -0.25) is 9.59 Å². The monoisotopic (exact) mass is 508 g/mol. The predicted molar refractivity (Wildman–Crippen MR) is 148 cm³/mol. The van der Waals surface area contributed by atoms with Gasteiger partial charge in [0.25, 0.3) is 0 Å². The minimum Gasteiger partial charge on any atom is -0.497 e. The highest BCUT2D eigenvalue weighted by Crippen LogP contribution is 2.30. The van der Waals surface area contributed by atoms with E-state index in [0.29, 0.717) is 22.7 Å². The summed E-state index contributed by atoms with van der Waals surface area (Å²) < 4.78 is 10.3. The average Bonchev–Trinajstić information content (AvgIpc) is 2.94. The number of rotatable bonds is 10. The summed E-state index contributed by atoms with van der Waals surface area (Å²) in [5.74, 6) is 1.03. The number of nitrogens with one attached hydrogen (secondary N) is 2.